The lowest BCUT2D eigenvalue weighted by Crippen LogP contribution is -2.16. The first-order valence-corrected chi connectivity index (χ1v) is 9.60. The molecule has 0 aliphatic heterocycles. The van der Waals surface area contributed by atoms with Gasteiger partial charge in [0.05, 0.1) is 12.8 Å². The predicted molar refractivity (Wildman–Crippen MR) is 112 cm³/mol. The molecular weight excluding hydrogens is 447 g/mol. The number of aromatic nitrogens is 4. The Labute approximate surface area is 184 Å². The van der Waals surface area contributed by atoms with Gasteiger partial charge in [0.2, 0.25) is 5.82 Å². The molecule has 2 aromatic heterocycles. The molecule has 0 atom stereocenters. The summed E-state index contributed by atoms with van der Waals surface area (Å²) in [5, 5.41) is 6.81. The van der Waals surface area contributed by atoms with Crippen LogP contribution >= 0.6 is 11.6 Å². The Balaban J connectivity index is 1.76. The van der Waals surface area contributed by atoms with Crippen LogP contribution in [0.2, 0.25) is 5.02 Å². The van der Waals surface area contributed by atoms with Gasteiger partial charge in [0.15, 0.2) is 5.69 Å². The van der Waals surface area contributed by atoms with Gasteiger partial charge in [0.1, 0.15) is 5.75 Å². The molecule has 4 aromatic rings. The molecular formula is C21H15ClF3N5O2. The van der Waals surface area contributed by atoms with E-state index in [1.54, 1.807) is 49.4 Å². The Kier molecular flexibility index (Phi) is 5.47. The maximum Gasteiger partial charge on any atom is 0.433 e. The Bertz CT molecular complexity index is 1320. The van der Waals surface area contributed by atoms with Gasteiger partial charge in [0.25, 0.3) is 11.7 Å². The minimum absolute atomic E-state index is 0.0281. The number of rotatable bonds is 4. The van der Waals surface area contributed by atoms with Crippen molar-refractivity contribution in [2.75, 3.05) is 12.4 Å². The molecule has 0 radical (unpaired) electrons. The highest BCUT2D eigenvalue weighted by Gasteiger charge is 2.36. The van der Waals surface area contributed by atoms with Crippen molar-refractivity contribution >= 4 is 29.0 Å². The van der Waals surface area contributed by atoms with E-state index in [4.69, 9.17) is 16.3 Å². The van der Waals surface area contributed by atoms with Crippen molar-refractivity contribution in [2.45, 2.75) is 13.1 Å². The maximum atomic E-state index is 13.7. The average Bonchev–Trinajstić information content (AvgIpc) is 3.18. The summed E-state index contributed by atoms with van der Waals surface area (Å²) < 4.78 is 46.8. The highest BCUT2D eigenvalue weighted by Crippen LogP contribution is 2.32. The van der Waals surface area contributed by atoms with Gasteiger partial charge in [-0.1, -0.05) is 11.6 Å². The van der Waals surface area contributed by atoms with Crippen LogP contribution in [0.25, 0.3) is 17.0 Å². The smallest absolute Gasteiger partial charge is 0.433 e. The van der Waals surface area contributed by atoms with E-state index in [9.17, 15) is 18.0 Å². The van der Waals surface area contributed by atoms with Crippen LogP contribution in [0.4, 0.5) is 18.9 Å². The topological polar surface area (TPSA) is 81.4 Å². The molecule has 164 valence electrons. The van der Waals surface area contributed by atoms with E-state index in [2.05, 4.69) is 20.4 Å². The molecule has 2 aromatic carbocycles. The van der Waals surface area contributed by atoms with Gasteiger partial charge in [-0.2, -0.15) is 22.7 Å². The summed E-state index contributed by atoms with van der Waals surface area (Å²) >= 11 is 5.90. The van der Waals surface area contributed by atoms with Crippen LogP contribution in [0.3, 0.4) is 0 Å². The highest BCUT2D eigenvalue weighted by atomic mass is 35.5. The van der Waals surface area contributed by atoms with Crippen LogP contribution in [0.15, 0.2) is 48.5 Å². The second kappa shape index (κ2) is 8.12. The van der Waals surface area contributed by atoms with Crippen molar-refractivity contribution in [3.05, 3.63) is 70.6 Å². The minimum atomic E-state index is -4.75. The second-order valence-corrected chi connectivity index (χ2v) is 7.25. The van der Waals surface area contributed by atoms with Crippen molar-refractivity contribution < 1.29 is 22.7 Å². The molecule has 0 aliphatic rings. The fraction of sp³-hybridized carbons (Fsp3) is 0.143. The molecule has 1 amide bonds. The summed E-state index contributed by atoms with van der Waals surface area (Å²) in [6.45, 7) is 1.73. The third-order valence-electron chi connectivity index (χ3n) is 4.63. The van der Waals surface area contributed by atoms with Crippen molar-refractivity contribution in [3.8, 4) is 17.0 Å². The van der Waals surface area contributed by atoms with Gasteiger partial charge in [-0.15, -0.1) is 5.10 Å². The molecule has 0 unspecified atom stereocenters. The number of anilines is 1. The van der Waals surface area contributed by atoms with Crippen LogP contribution in [0.5, 0.6) is 5.75 Å². The quantitative estimate of drug-likeness (QED) is 0.461. The number of halogens is 4. The molecule has 0 spiro atoms. The van der Waals surface area contributed by atoms with Crippen molar-refractivity contribution in [1.82, 2.24) is 19.6 Å². The molecule has 32 heavy (non-hydrogen) atoms. The number of alkyl halides is 3. The number of fused-ring (bicyclic) bond motifs is 1. The van der Waals surface area contributed by atoms with Gasteiger partial charge in [-0.25, -0.2) is 4.98 Å². The van der Waals surface area contributed by atoms with E-state index >= 15 is 0 Å². The number of hydrogen-bond acceptors (Lipinski definition) is 5. The maximum absolute atomic E-state index is 13.7. The summed E-state index contributed by atoms with van der Waals surface area (Å²) in [6.07, 6.45) is -4.75. The minimum Gasteiger partial charge on any atom is -0.497 e. The first-order chi connectivity index (χ1) is 15.2. The Morgan fingerprint density at radius 3 is 2.44 bits per heavy atom. The number of benzene rings is 2. The third-order valence-corrected chi connectivity index (χ3v) is 4.86. The fourth-order valence-electron chi connectivity index (χ4n) is 3.02. The molecule has 1 N–H and O–H groups in total. The summed E-state index contributed by atoms with van der Waals surface area (Å²) in [4.78, 5) is 20.7. The van der Waals surface area contributed by atoms with Crippen LogP contribution in [0.1, 0.15) is 21.9 Å². The Hall–Kier alpha value is -3.66. The number of hydrogen-bond donors (Lipinski definition) is 1. The SMILES string of the molecule is COc1ccc(-c2cc(C(F)(F)F)n3nc(C(=O)Nc4ccc(Cl)cc4C)nc3n2)cc1. The molecule has 0 saturated carbocycles. The predicted octanol–water partition coefficient (Wildman–Crippen LogP) is 5.03. The van der Waals surface area contributed by atoms with Crippen LogP contribution in [-0.2, 0) is 6.18 Å². The zero-order chi connectivity index (χ0) is 23.0. The standard InChI is InChI=1S/C21H15ClF3N5O2/c1-11-9-13(22)5-8-15(11)26-19(31)18-28-20-27-16(12-3-6-14(32-2)7-4-12)10-17(21(23,24)25)30(20)29-18/h3-10H,1-2H3,(H,26,31). The molecule has 2 heterocycles. The molecule has 0 bridgehead atoms. The lowest BCUT2D eigenvalue weighted by atomic mass is 10.1. The van der Waals surface area contributed by atoms with Crippen molar-refractivity contribution in [3.63, 3.8) is 0 Å². The molecule has 7 nitrogen and oxygen atoms in total. The first-order valence-electron chi connectivity index (χ1n) is 9.22. The van der Waals surface area contributed by atoms with E-state index < -0.39 is 23.6 Å². The average molecular weight is 462 g/mol. The largest absolute Gasteiger partial charge is 0.497 e. The zero-order valence-corrected chi connectivity index (χ0v) is 17.5. The van der Waals surface area contributed by atoms with Crippen LogP contribution in [0, 0.1) is 6.92 Å². The van der Waals surface area contributed by atoms with Crippen LogP contribution < -0.4 is 10.1 Å². The normalized spacial score (nSPS) is 11.6. The lowest BCUT2D eigenvalue weighted by molar-refractivity contribution is -0.142. The van der Waals surface area contributed by atoms with E-state index in [1.165, 1.54) is 7.11 Å². The van der Waals surface area contributed by atoms with Crippen LogP contribution in [-0.4, -0.2) is 32.6 Å². The van der Waals surface area contributed by atoms with Gasteiger partial charge >= 0.3 is 6.18 Å². The summed E-state index contributed by atoms with van der Waals surface area (Å²) in [7, 11) is 1.48. The number of amides is 1. The number of nitrogens with zero attached hydrogens (tertiary/aromatic N) is 4. The van der Waals surface area contributed by atoms with Crippen molar-refractivity contribution in [1.29, 1.82) is 0 Å². The van der Waals surface area contributed by atoms with E-state index in [0.29, 0.717) is 32.1 Å². The van der Waals surface area contributed by atoms with E-state index in [0.717, 1.165) is 6.07 Å². The number of carbonyl (C=O) groups is 1. The lowest BCUT2D eigenvalue weighted by Gasteiger charge is -2.10. The van der Waals surface area contributed by atoms with Gasteiger partial charge < -0.3 is 10.1 Å². The van der Waals surface area contributed by atoms with E-state index in [-0.39, 0.29) is 11.5 Å². The molecule has 0 aliphatic carbocycles. The molecule has 11 heteroatoms. The van der Waals surface area contributed by atoms with Gasteiger partial charge in [0, 0.05) is 16.3 Å². The number of aryl methyl sites for hydroxylation is 1. The summed E-state index contributed by atoms with van der Waals surface area (Å²) in [6, 6.07) is 12.0. The number of carbonyl (C=O) groups excluding carboxylic acids is 1. The van der Waals surface area contributed by atoms with Gasteiger partial charge in [-0.3, -0.25) is 4.79 Å². The summed E-state index contributed by atoms with van der Waals surface area (Å²) in [5.74, 6) is -1.04. The Morgan fingerprint density at radius 2 is 1.81 bits per heavy atom. The Morgan fingerprint density at radius 1 is 1.09 bits per heavy atom. The molecule has 4 rings (SSSR count). The number of ether oxygens (including phenoxy) is 1. The molecule has 0 saturated heterocycles. The second-order valence-electron chi connectivity index (χ2n) is 6.81. The highest BCUT2D eigenvalue weighted by molar-refractivity contribution is 6.30. The van der Waals surface area contributed by atoms with Gasteiger partial charge in [-0.05, 0) is 61.0 Å². The first kappa shape index (κ1) is 21.6. The zero-order valence-electron chi connectivity index (χ0n) is 16.7. The molecule has 0 fully saturated rings. The third kappa shape index (κ3) is 4.22. The monoisotopic (exact) mass is 461 g/mol. The number of nitrogens with one attached hydrogen (secondary N) is 1. The van der Waals surface area contributed by atoms with E-state index in [1.807, 2.05) is 0 Å². The van der Waals surface area contributed by atoms with Crippen molar-refractivity contribution in [2.24, 2.45) is 0 Å². The fourth-order valence-corrected chi connectivity index (χ4v) is 3.25. The number of methoxy groups -OCH3 is 1. The summed E-state index contributed by atoms with van der Waals surface area (Å²) in [5.41, 5.74) is 0.444.